The van der Waals surface area contributed by atoms with E-state index in [9.17, 15) is 4.79 Å². The molecular formula is C21H29N2O+. The van der Waals surface area contributed by atoms with E-state index in [1.54, 1.807) is 0 Å². The van der Waals surface area contributed by atoms with E-state index in [1.165, 1.54) is 16.7 Å². The maximum absolute atomic E-state index is 12.3. The summed E-state index contributed by atoms with van der Waals surface area (Å²) >= 11 is 0. The number of hydrogen-bond donors (Lipinski definition) is 2. The first-order chi connectivity index (χ1) is 11.6. The summed E-state index contributed by atoms with van der Waals surface area (Å²) in [6.45, 7) is 6.74. The molecule has 0 aromatic heterocycles. The molecule has 128 valence electrons. The highest BCUT2D eigenvalue weighted by molar-refractivity contribution is 5.77. The highest BCUT2D eigenvalue weighted by atomic mass is 16.1. The second-order valence-corrected chi connectivity index (χ2v) is 6.32. The molecule has 0 aliphatic rings. The van der Waals surface area contributed by atoms with E-state index in [-0.39, 0.29) is 18.0 Å². The number of rotatable bonds is 8. The maximum Gasteiger partial charge on any atom is 0.275 e. The van der Waals surface area contributed by atoms with E-state index in [0.717, 1.165) is 12.8 Å². The fraction of sp³-hybridized carbons (Fsp3) is 0.381. The largest absolute Gasteiger partial charge is 0.349 e. The Morgan fingerprint density at radius 1 is 0.958 bits per heavy atom. The van der Waals surface area contributed by atoms with Gasteiger partial charge >= 0.3 is 0 Å². The molecule has 1 amide bonds. The van der Waals surface area contributed by atoms with Gasteiger partial charge in [0.1, 0.15) is 6.04 Å². The molecule has 0 bridgehead atoms. The van der Waals surface area contributed by atoms with Gasteiger partial charge in [-0.15, -0.1) is 0 Å². The van der Waals surface area contributed by atoms with Crippen LogP contribution in [0.5, 0.6) is 0 Å². The Balaban J connectivity index is 2.09. The molecule has 24 heavy (non-hydrogen) atoms. The third kappa shape index (κ3) is 5.20. The third-order valence-electron chi connectivity index (χ3n) is 4.48. The van der Waals surface area contributed by atoms with Gasteiger partial charge in [-0.25, -0.2) is 0 Å². The molecule has 2 aromatic rings. The summed E-state index contributed by atoms with van der Waals surface area (Å²) in [4.78, 5) is 12.3. The second-order valence-electron chi connectivity index (χ2n) is 6.32. The number of aryl methyl sites for hydroxylation is 1. The number of quaternary nitrogens is 1. The van der Waals surface area contributed by atoms with E-state index < -0.39 is 0 Å². The van der Waals surface area contributed by atoms with Crippen molar-refractivity contribution in [3.8, 4) is 0 Å². The zero-order chi connectivity index (χ0) is 17.4. The summed E-state index contributed by atoms with van der Waals surface area (Å²) in [6.07, 6.45) is 1.95. The first-order valence-corrected chi connectivity index (χ1v) is 8.88. The van der Waals surface area contributed by atoms with E-state index in [2.05, 4.69) is 79.9 Å². The van der Waals surface area contributed by atoms with Crippen molar-refractivity contribution < 1.29 is 10.1 Å². The zero-order valence-corrected chi connectivity index (χ0v) is 15.0. The lowest BCUT2D eigenvalue weighted by molar-refractivity contribution is -0.676. The van der Waals surface area contributed by atoms with Crippen LogP contribution in [0, 0.1) is 6.92 Å². The van der Waals surface area contributed by atoms with Crippen molar-refractivity contribution in [1.29, 1.82) is 0 Å². The second kappa shape index (κ2) is 9.24. The molecule has 0 radical (unpaired) electrons. The predicted molar refractivity (Wildman–Crippen MR) is 98.8 cm³/mol. The van der Waals surface area contributed by atoms with Gasteiger partial charge in [0, 0.05) is 17.2 Å². The molecule has 2 rings (SSSR count). The highest BCUT2D eigenvalue weighted by Crippen LogP contribution is 2.18. The van der Waals surface area contributed by atoms with Crippen molar-refractivity contribution in [2.75, 3.05) is 6.54 Å². The highest BCUT2D eigenvalue weighted by Gasteiger charge is 2.19. The molecule has 0 unspecified atom stereocenters. The molecule has 0 heterocycles. The van der Waals surface area contributed by atoms with Gasteiger partial charge < -0.3 is 10.6 Å². The summed E-state index contributed by atoms with van der Waals surface area (Å²) in [5.74, 6) is 0.108. The molecule has 3 heteroatoms. The Hall–Kier alpha value is -2.13. The van der Waals surface area contributed by atoms with Crippen LogP contribution in [0.25, 0.3) is 0 Å². The van der Waals surface area contributed by atoms with E-state index in [0.29, 0.717) is 6.54 Å². The number of nitrogens with one attached hydrogen (secondary N) is 1. The minimum atomic E-state index is 0.108. The van der Waals surface area contributed by atoms with Crippen LogP contribution in [0.1, 0.15) is 49.4 Å². The molecule has 0 aliphatic heterocycles. The van der Waals surface area contributed by atoms with Gasteiger partial charge in [0.15, 0.2) is 6.54 Å². The van der Waals surface area contributed by atoms with Crippen LogP contribution in [-0.4, -0.2) is 18.5 Å². The van der Waals surface area contributed by atoms with Crippen LogP contribution in [-0.2, 0) is 4.79 Å². The van der Waals surface area contributed by atoms with Crippen LogP contribution in [0.3, 0.4) is 0 Å². The number of amides is 1. The molecule has 0 saturated heterocycles. The van der Waals surface area contributed by atoms with E-state index in [1.807, 2.05) is 6.07 Å². The molecule has 1 atom stereocenters. The SMILES string of the molecule is CCC(CC)NC(=O)C[NH2+][C@@H](c1ccccc1)c1ccc(C)cc1. The third-order valence-corrected chi connectivity index (χ3v) is 4.48. The van der Waals surface area contributed by atoms with E-state index in [4.69, 9.17) is 0 Å². The maximum atomic E-state index is 12.3. The Bertz CT molecular complexity index is 618. The quantitative estimate of drug-likeness (QED) is 0.770. The normalized spacial score (nSPS) is 12.2. The molecule has 0 spiro atoms. The average molecular weight is 325 g/mol. The van der Waals surface area contributed by atoms with Gasteiger partial charge in [-0.1, -0.05) is 74.0 Å². The van der Waals surface area contributed by atoms with Crippen molar-refractivity contribution in [2.24, 2.45) is 0 Å². The van der Waals surface area contributed by atoms with Gasteiger partial charge in [0.25, 0.3) is 5.91 Å². The van der Waals surface area contributed by atoms with Crippen LogP contribution >= 0.6 is 0 Å². The lowest BCUT2D eigenvalue weighted by Gasteiger charge is -2.18. The summed E-state index contributed by atoms with van der Waals surface area (Å²) < 4.78 is 0. The van der Waals surface area contributed by atoms with Crippen LogP contribution in [0.4, 0.5) is 0 Å². The number of carbonyl (C=O) groups excluding carboxylic acids is 1. The Morgan fingerprint density at radius 3 is 2.12 bits per heavy atom. The summed E-state index contributed by atoms with van der Waals surface area (Å²) in [5.41, 5.74) is 3.69. The first-order valence-electron chi connectivity index (χ1n) is 8.88. The minimum Gasteiger partial charge on any atom is -0.349 e. The Morgan fingerprint density at radius 2 is 1.54 bits per heavy atom. The molecule has 0 saturated carbocycles. The monoisotopic (exact) mass is 325 g/mol. The van der Waals surface area contributed by atoms with Gasteiger partial charge in [0.2, 0.25) is 0 Å². The smallest absolute Gasteiger partial charge is 0.275 e. The number of nitrogens with two attached hydrogens (primary N) is 1. The average Bonchev–Trinajstić information content (AvgIpc) is 2.62. The first kappa shape index (κ1) is 18.2. The van der Waals surface area contributed by atoms with Crippen LogP contribution in [0.15, 0.2) is 54.6 Å². The van der Waals surface area contributed by atoms with Gasteiger partial charge in [-0.05, 0) is 19.8 Å². The van der Waals surface area contributed by atoms with Crippen LogP contribution in [0.2, 0.25) is 0 Å². The van der Waals surface area contributed by atoms with Crippen molar-refractivity contribution in [2.45, 2.75) is 45.7 Å². The topological polar surface area (TPSA) is 45.7 Å². The summed E-state index contributed by atoms with van der Waals surface area (Å²) in [7, 11) is 0. The van der Waals surface area contributed by atoms with Gasteiger partial charge in [-0.3, -0.25) is 4.79 Å². The number of carbonyl (C=O) groups is 1. The molecule has 2 aromatic carbocycles. The van der Waals surface area contributed by atoms with Crippen molar-refractivity contribution >= 4 is 5.91 Å². The van der Waals surface area contributed by atoms with Crippen molar-refractivity contribution in [3.63, 3.8) is 0 Å². The molecule has 0 aliphatic carbocycles. The molecule has 3 N–H and O–H groups in total. The zero-order valence-electron chi connectivity index (χ0n) is 15.0. The Labute approximate surface area is 145 Å². The number of hydrogen-bond acceptors (Lipinski definition) is 1. The number of benzene rings is 2. The summed E-state index contributed by atoms with van der Waals surface area (Å²) in [6, 6.07) is 19.4. The molecule has 3 nitrogen and oxygen atoms in total. The van der Waals surface area contributed by atoms with E-state index >= 15 is 0 Å². The summed E-state index contributed by atoms with van der Waals surface area (Å²) in [5, 5.41) is 5.24. The lowest BCUT2D eigenvalue weighted by Crippen LogP contribution is -2.87. The lowest BCUT2D eigenvalue weighted by atomic mass is 9.98. The van der Waals surface area contributed by atoms with Crippen molar-refractivity contribution in [3.05, 3.63) is 71.3 Å². The minimum absolute atomic E-state index is 0.108. The fourth-order valence-corrected chi connectivity index (χ4v) is 2.90. The Kier molecular flexibility index (Phi) is 7.01. The van der Waals surface area contributed by atoms with Gasteiger partial charge in [-0.2, -0.15) is 0 Å². The van der Waals surface area contributed by atoms with Crippen molar-refractivity contribution in [1.82, 2.24) is 5.32 Å². The standard InChI is InChI=1S/C21H28N2O/c1-4-19(5-2)23-20(24)15-22-21(17-9-7-6-8-10-17)18-13-11-16(3)12-14-18/h6-14,19,21-22H,4-5,15H2,1-3H3,(H,23,24)/p+1/t21-/m0/s1. The fourth-order valence-electron chi connectivity index (χ4n) is 2.90. The van der Waals surface area contributed by atoms with Gasteiger partial charge in [0.05, 0.1) is 0 Å². The molecular weight excluding hydrogens is 296 g/mol. The predicted octanol–water partition coefficient (Wildman–Crippen LogP) is 2.95. The van der Waals surface area contributed by atoms with Crippen LogP contribution < -0.4 is 10.6 Å². The molecule has 0 fully saturated rings.